The van der Waals surface area contributed by atoms with Crippen LogP contribution in [0.4, 0.5) is 0 Å². The van der Waals surface area contributed by atoms with Crippen molar-refractivity contribution in [1.82, 2.24) is 0 Å². The molecule has 86 valence electrons. The van der Waals surface area contributed by atoms with E-state index in [1.54, 1.807) is 13.0 Å². The summed E-state index contributed by atoms with van der Waals surface area (Å²) in [5.41, 5.74) is 0. The third-order valence-corrected chi connectivity index (χ3v) is 2.01. The minimum Gasteiger partial charge on any atom is -0.463 e. The highest BCUT2D eigenvalue weighted by molar-refractivity contribution is 5.81. The normalized spacial score (nSPS) is 24.6. The minimum atomic E-state index is -0.498. The van der Waals surface area contributed by atoms with E-state index in [0.717, 1.165) is 0 Å². The first-order chi connectivity index (χ1) is 7.03. The smallest absolute Gasteiger partial charge is 0.330 e. The Morgan fingerprint density at radius 3 is 2.87 bits per heavy atom. The fourth-order valence-electron chi connectivity index (χ4n) is 1.39. The highest BCUT2D eigenvalue weighted by Gasteiger charge is 2.31. The third kappa shape index (κ3) is 4.44. The van der Waals surface area contributed by atoms with E-state index in [1.807, 2.05) is 13.8 Å². The summed E-state index contributed by atoms with van der Waals surface area (Å²) in [5, 5.41) is 0. The number of hydrogen-bond acceptors (Lipinski definition) is 4. The van der Waals surface area contributed by atoms with Crippen LogP contribution in [0.5, 0.6) is 0 Å². The predicted molar refractivity (Wildman–Crippen MR) is 55.3 cm³/mol. The lowest BCUT2D eigenvalue weighted by Gasteiger charge is -2.16. The van der Waals surface area contributed by atoms with Crippen molar-refractivity contribution in [2.24, 2.45) is 0 Å². The Morgan fingerprint density at radius 1 is 1.60 bits per heavy atom. The maximum Gasteiger partial charge on any atom is 0.330 e. The summed E-state index contributed by atoms with van der Waals surface area (Å²) in [6.45, 7) is 6.51. The number of rotatable bonds is 4. The van der Waals surface area contributed by atoms with E-state index in [-0.39, 0.29) is 12.1 Å². The zero-order valence-electron chi connectivity index (χ0n) is 9.49. The molecule has 0 aromatic rings. The van der Waals surface area contributed by atoms with Gasteiger partial charge >= 0.3 is 5.97 Å². The molecule has 1 saturated heterocycles. The minimum absolute atomic E-state index is 0.0330. The largest absolute Gasteiger partial charge is 0.463 e. The van der Waals surface area contributed by atoms with Crippen LogP contribution in [0.2, 0.25) is 0 Å². The van der Waals surface area contributed by atoms with Crippen LogP contribution in [0, 0.1) is 0 Å². The molecule has 0 aromatic carbocycles. The zero-order valence-corrected chi connectivity index (χ0v) is 9.49. The van der Waals surface area contributed by atoms with Crippen molar-refractivity contribution < 1.29 is 19.0 Å². The molecule has 0 saturated carbocycles. The molecule has 0 unspecified atom stereocenters. The van der Waals surface area contributed by atoms with Crippen LogP contribution < -0.4 is 0 Å². The molecule has 0 bridgehead atoms. The van der Waals surface area contributed by atoms with E-state index in [9.17, 15) is 4.79 Å². The van der Waals surface area contributed by atoms with Crippen LogP contribution in [0.3, 0.4) is 0 Å². The van der Waals surface area contributed by atoms with Gasteiger partial charge in [0, 0.05) is 6.08 Å². The fraction of sp³-hybridized carbons (Fsp3) is 0.727. The van der Waals surface area contributed by atoms with Gasteiger partial charge in [-0.15, -0.1) is 0 Å². The quantitative estimate of drug-likeness (QED) is 0.527. The van der Waals surface area contributed by atoms with E-state index >= 15 is 0 Å². The Morgan fingerprint density at radius 2 is 2.33 bits per heavy atom. The van der Waals surface area contributed by atoms with Gasteiger partial charge in [-0.2, -0.15) is 0 Å². The maximum atomic E-state index is 11.0. The third-order valence-electron chi connectivity index (χ3n) is 2.01. The van der Waals surface area contributed by atoms with Gasteiger partial charge in [0.25, 0.3) is 0 Å². The first-order valence-corrected chi connectivity index (χ1v) is 5.18. The Hall–Kier alpha value is -0.870. The first kappa shape index (κ1) is 12.2. The molecule has 1 rings (SSSR count). The molecule has 0 aromatic heterocycles. The highest BCUT2D eigenvalue weighted by Crippen LogP contribution is 2.24. The summed E-state index contributed by atoms with van der Waals surface area (Å²) in [7, 11) is 0. The van der Waals surface area contributed by atoms with Crippen molar-refractivity contribution in [2.75, 3.05) is 13.2 Å². The second-order valence-corrected chi connectivity index (χ2v) is 3.84. The molecule has 1 atom stereocenters. The SMILES string of the molecule is CCOC(=O)/C=C/C[C@H]1COC(C)(C)O1. The number of carbonyl (C=O) groups is 1. The number of ether oxygens (including phenoxy) is 3. The predicted octanol–water partition coefficient (Wildman–Crippen LogP) is 1.65. The zero-order chi connectivity index (χ0) is 11.3. The van der Waals surface area contributed by atoms with Crippen LogP contribution in [0.25, 0.3) is 0 Å². The van der Waals surface area contributed by atoms with Gasteiger partial charge < -0.3 is 14.2 Å². The molecule has 1 heterocycles. The summed E-state index contributed by atoms with van der Waals surface area (Å²) in [6.07, 6.45) is 3.89. The lowest BCUT2D eigenvalue weighted by Crippen LogP contribution is -2.21. The van der Waals surface area contributed by atoms with E-state index in [0.29, 0.717) is 19.6 Å². The maximum absolute atomic E-state index is 11.0. The van der Waals surface area contributed by atoms with Gasteiger partial charge in [-0.25, -0.2) is 4.79 Å². The number of esters is 1. The van der Waals surface area contributed by atoms with E-state index in [1.165, 1.54) is 6.08 Å². The van der Waals surface area contributed by atoms with Crippen LogP contribution in [-0.4, -0.2) is 31.1 Å². The van der Waals surface area contributed by atoms with Gasteiger partial charge in [-0.05, 0) is 27.2 Å². The van der Waals surface area contributed by atoms with Crippen molar-refractivity contribution in [1.29, 1.82) is 0 Å². The molecule has 1 aliphatic heterocycles. The standard InChI is InChI=1S/C11H18O4/c1-4-13-10(12)7-5-6-9-8-14-11(2,3)15-9/h5,7,9H,4,6,8H2,1-3H3/b7-5+/t9-/m0/s1. The fourth-order valence-corrected chi connectivity index (χ4v) is 1.39. The van der Waals surface area contributed by atoms with E-state index < -0.39 is 5.79 Å². The monoisotopic (exact) mass is 214 g/mol. The van der Waals surface area contributed by atoms with Gasteiger partial charge in [0.2, 0.25) is 0 Å². The van der Waals surface area contributed by atoms with Crippen molar-refractivity contribution in [3.05, 3.63) is 12.2 Å². The summed E-state index contributed by atoms with van der Waals surface area (Å²) < 4.78 is 15.7. The highest BCUT2D eigenvalue weighted by atomic mass is 16.7. The Balaban J connectivity index is 2.24. The molecule has 1 aliphatic rings. The summed E-state index contributed by atoms with van der Waals surface area (Å²) in [6, 6.07) is 0. The lowest BCUT2D eigenvalue weighted by molar-refractivity contribution is -0.137. The topological polar surface area (TPSA) is 44.8 Å². The van der Waals surface area contributed by atoms with Gasteiger partial charge in [0.1, 0.15) is 0 Å². The van der Waals surface area contributed by atoms with Gasteiger partial charge in [0.15, 0.2) is 5.79 Å². The summed E-state index contributed by atoms with van der Waals surface area (Å²) in [4.78, 5) is 11.0. The summed E-state index contributed by atoms with van der Waals surface area (Å²) in [5.74, 6) is -0.807. The van der Waals surface area contributed by atoms with Gasteiger partial charge in [-0.3, -0.25) is 0 Å². The van der Waals surface area contributed by atoms with Crippen LogP contribution in [0.1, 0.15) is 27.2 Å². The number of hydrogen-bond donors (Lipinski definition) is 0. The molecule has 15 heavy (non-hydrogen) atoms. The molecule has 1 fully saturated rings. The van der Waals surface area contributed by atoms with Crippen molar-refractivity contribution >= 4 is 5.97 Å². The molecule has 4 heteroatoms. The molecular formula is C11H18O4. The molecule has 0 radical (unpaired) electrons. The van der Waals surface area contributed by atoms with Crippen molar-refractivity contribution in [2.45, 2.75) is 39.1 Å². The average molecular weight is 214 g/mol. The molecule has 0 spiro atoms. The number of carbonyl (C=O) groups excluding carboxylic acids is 1. The van der Waals surface area contributed by atoms with Gasteiger partial charge in [0.05, 0.1) is 19.3 Å². The van der Waals surface area contributed by atoms with Crippen molar-refractivity contribution in [3.63, 3.8) is 0 Å². The van der Waals surface area contributed by atoms with Crippen LogP contribution in [-0.2, 0) is 19.0 Å². The second kappa shape index (κ2) is 5.28. The molecule has 4 nitrogen and oxygen atoms in total. The second-order valence-electron chi connectivity index (χ2n) is 3.84. The Bertz CT molecular complexity index is 245. The van der Waals surface area contributed by atoms with Gasteiger partial charge in [-0.1, -0.05) is 6.08 Å². The summed E-state index contributed by atoms with van der Waals surface area (Å²) >= 11 is 0. The Kier molecular flexibility index (Phi) is 4.29. The molecule has 0 amide bonds. The average Bonchev–Trinajstić information content (AvgIpc) is 2.46. The Labute approximate surface area is 90.2 Å². The molecule has 0 N–H and O–H groups in total. The van der Waals surface area contributed by atoms with Crippen molar-refractivity contribution in [3.8, 4) is 0 Å². The van der Waals surface area contributed by atoms with Crippen LogP contribution >= 0.6 is 0 Å². The van der Waals surface area contributed by atoms with Crippen LogP contribution in [0.15, 0.2) is 12.2 Å². The molecular weight excluding hydrogens is 196 g/mol. The van der Waals surface area contributed by atoms with E-state index in [4.69, 9.17) is 14.2 Å². The molecule has 0 aliphatic carbocycles. The lowest BCUT2D eigenvalue weighted by atomic mass is 10.2. The first-order valence-electron chi connectivity index (χ1n) is 5.18. The van der Waals surface area contributed by atoms with E-state index in [2.05, 4.69) is 0 Å².